The molecule has 1 aromatic carbocycles. The molecule has 1 heterocycles. The van der Waals surface area contributed by atoms with Crippen LogP contribution in [0.4, 0.5) is 5.82 Å². The van der Waals surface area contributed by atoms with E-state index in [9.17, 15) is 0 Å². The molecule has 1 aromatic heterocycles. The summed E-state index contributed by atoms with van der Waals surface area (Å²) in [6, 6.07) is 5.53. The average Bonchev–Trinajstić information content (AvgIpc) is 2.34. The van der Waals surface area contributed by atoms with Crippen molar-refractivity contribution in [2.24, 2.45) is 0 Å². The quantitative estimate of drug-likeness (QED) is 0.855. The van der Waals surface area contributed by atoms with E-state index in [1.54, 1.807) is 12.3 Å². The standard InChI is InChI=1S/C12H10Cl3N3/c1-18(12-6-16-5-11(15)17-12)7-8-2-3-9(13)10(14)4-8/h2-6H,7H2,1H3. The first-order chi connectivity index (χ1) is 8.56. The van der Waals surface area contributed by atoms with E-state index in [2.05, 4.69) is 9.97 Å². The van der Waals surface area contributed by atoms with Crippen LogP contribution in [-0.4, -0.2) is 17.0 Å². The Hall–Kier alpha value is -1.03. The SMILES string of the molecule is CN(Cc1ccc(Cl)c(Cl)c1)c1cncc(Cl)n1. The fourth-order valence-electron chi connectivity index (χ4n) is 1.51. The molecule has 0 bridgehead atoms. The van der Waals surface area contributed by atoms with E-state index in [4.69, 9.17) is 34.8 Å². The highest BCUT2D eigenvalue weighted by Crippen LogP contribution is 2.23. The Morgan fingerprint density at radius 1 is 1.11 bits per heavy atom. The summed E-state index contributed by atoms with van der Waals surface area (Å²) in [6.45, 7) is 0.645. The zero-order chi connectivity index (χ0) is 13.1. The van der Waals surface area contributed by atoms with Gasteiger partial charge in [-0.25, -0.2) is 4.98 Å². The zero-order valence-corrected chi connectivity index (χ0v) is 11.8. The van der Waals surface area contributed by atoms with Crippen molar-refractivity contribution in [1.82, 2.24) is 9.97 Å². The summed E-state index contributed by atoms with van der Waals surface area (Å²) in [4.78, 5) is 10.1. The number of anilines is 1. The molecule has 3 nitrogen and oxygen atoms in total. The van der Waals surface area contributed by atoms with Crippen molar-refractivity contribution < 1.29 is 0 Å². The fraction of sp³-hybridized carbons (Fsp3) is 0.167. The van der Waals surface area contributed by atoms with E-state index in [1.807, 2.05) is 24.1 Å². The molecular weight excluding hydrogens is 293 g/mol. The number of hydrogen-bond donors (Lipinski definition) is 0. The van der Waals surface area contributed by atoms with Crippen LogP contribution in [-0.2, 0) is 6.54 Å². The Bertz CT molecular complexity index is 560. The summed E-state index contributed by atoms with van der Waals surface area (Å²) in [5.41, 5.74) is 1.04. The van der Waals surface area contributed by atoms with E-state index >= 15 is 0 Å². The maximum absolute atomic E-state index is 5.97. The van der Waals surface area contributed by atoms with Crippen LogP contribution in [0.1, 0.15) is 5.56 Å². The van der Waals surface area contributed by atoms with Gasteiger partial charge in [-0.05, 0) is 17.7 Å². The minimum absolute atomic E-state index is 0.369. The van der Waals surface area contributed by atoms with Crippen LogP contribution >= 0.6 is 34.8 Å². The van der Waals surface area contributed by atoms with Crippen LogP contribution in [0.25, 0.3) is 0 Å². The first kappa shape index (κ1) is 13.4. The van der Waals surface area contributed by atoms with Gasteiger partial charge >= 0.3 is 0 Å². The van der Waals surface area contributed by atoms with Gasteiger partial charge in [-0.3, -0.25) is 4.98 Å². The van der Waals surface area contributed by atoms with Crippen LogP contribution in [0.15, 0.2) is 30.6 Å². The second-order valence-corrected chi connectivity index (χ2v) is 5.01. The van der Waals surface area contributed by atoms with Crippen LogP contribution in [0.2, 0.25) is 15.2 Å². The van der Waals surface area contributed by atoms with Gasteiger partial charge in [0, 0.05) is 13.6 Å². The molecule has 6 heteroatoms. The molecular formula is C12H10Cl3N3. The van der Waals surface area contributed by atoms with E-state index in [1.165, 1.54) is 6.20 Å². The minimum atomic E-state index is 0.369. The average molecular weight is 303 g/mol. The summed E-state index contributed by atoms with van der Waals surface area (Å²) < 4.78 is 0. The normalized spacial score (nSPS) is 10.4. The lowest BCUT2D eigenvalue weighted by Crippen LogP contribution is -2.17. The van der Waals surface area contributed by atoms with Gasteiger partial charge in [0.15, 0.2) is 0 Å². The second kappa shape index (κ2) is 5.74. The van der Waals surface area contributed by atoms with Crippen LogP contribution in [0, 0.1) is 0 Å². The van der Waals surface area contributed by atoms with Crippen LogP contribution in [0.3, 0.4) is 0 Å². The molecule has 2 rings (SSSR count). The molecule has 18 heavy (non-hydrogen) atoms. The predicted octanol–water partition coefficient (Wildman–Crippen LogP) is 4.07. The van der Waals surface area contributed by atoms with Gasteiger partial charge in [-0.1, -0.05) is 40.9 Å². The topological polar surface area (TPSA) is 29.0 Å². The maximum atomic E-state index is 5.97. The predicted molar refractivity (Wildman–Crippen MR) is 75.6 cm³/mol. The van der Waals surface area contributed by atoms with Crippen molar-refractivity contribution in [2.45, 2.75) is 6.54 Å². The molecule has 0 aliphatic rings. The lowest BCUT2D eigenvalue weighted by Gasteiger charge is -2.18. The van der Waals surface area contributed by atoms with E-state index in [0.717, 1.165) is 5.56 Å². The number of nitrogens with zero attached hydrogens (tertiary/aromatic N) is 3. The Morgan fingerprint density at radius 3 is 2.56 bits per heavy atom. The largest absolute Gasteiger partial charge is 0.354 e. The number of benzene rings is 1. The number of rotatable bonds is 3. The molecule has 0 aliphatic heterocycles. The van der Waals surface area contributed by atoms with Crippen LogP contribution in [0.5, 0.6) is 0 Å². The Balaban J connectivity index is 2.16. The zero-order valence-electron chi connectivity index (χ0n) is 9.57. The molecule has 0 amide bonds. The van der Waals surface area contributed by atoms with E-state index < -0.39 is 0 Å². The molecule has 94 valence electrons. The lowest BCUT2D eigenvalue weighted by molar-refractivity contribution is 0.890. The fourth-order valence-corrected chi connectivity index (χ4v) is 1.97. The van der Waals surface area contributed by atoms with Gasteiger partial charge < -0.3 is 4.90 Å². The molecule has 0 saturated heterocycles. The van der Waals surface area contributed by atoms with Gasteiger partial charge in [0.1, 0.15) is 11.0 Å². The Labute approximate surface area is 120 Å². The summed E-state index contributed by atoms with van der Waals surface area (Å²) in [5, 5.41) is 1.46. The van der Waals surface area contributed by atoms with Crippen molar-refractivity contribution in [3.63, 3.8) is 0 Å². The van der Waals surface area contributed by atoms with Gasteiger partial charge in [-0.15, -0.1) is 0 Å². The molecule has 0 radical (unpaired) electrons. The van der Waals surface area contributed by atoms with Gasteiger partial charge in [0.05, 0.1) is 22.4 Å². The summed E-state index contributed by atoms with van der Waals surface area (Å²) in [5.74, 6) is 0.702. The van der Waals surface area contributed by atoms with E-state index in [0.29, 0.717) is 27.6 Å². The highest BCUT2D eigenvalue weighted by Gasteiger charge is 2.06. The molecule has 0 N–H and O–H groups in total. The first-order valence-electron chi connectivity index (χ1n) is 5.19. The third-order valence-electron chi connectivity index (χ3n) is 2.39. The molecule has 2 aromatic rings. The molecule has 0 fully saturated rings. The highest BCUT2D eigenvalue weighted by atomic mass is 35.5. The van der Waals surface area contributed by atoms with Crippen molar-refractivity contribution in [3.05, 3.63) is 51.4 Å². The highest BCUT2D eigenvalue weighted by molar-refractivity contribution is 6.42. The van der Waals surface area contributed by atoms with Gasteiger partial charge in [-0.2, -0.15) is 0 Å². The van der Waals surface area contributed by atoms with Crippen molar-refractivity contribution in [3.8, 4) is 0 Å². The Morgan fingerprint density at radius 2 is 1.89 bits per heavy atom. The van der Waals surface area contributed by atoms with Crippen molar-refractivity contribution >= 4 is 40.6 Å². The van der Waals surface area contributed by atoms with Crippen LogP contribution < -0.4 is 4.90 Å². The van der Waals surface area contributed by atoms with E-state index in [-0.39, 0.29) is 0 Å². The molecule has 0 unspecified atom stereocenters. The minimum Gasteiger partial charge on any atom is -0.354 e. The third-order valence-corrected chi connectivity index (χ3v) is 3.31. The third kappa shape index (κ3) is 3.25. The summed E-state index contributed by atoms with van der Waals surface area (Å²) in [6.07, 6.45) is 3.15. The smallest absolute Gasteiger partial charge is 0.149 e. The maximum Gasteiger partial charge on any atom is 0.149 e. The van der Waals surface area contributed by atoms with Gasteiger partial charge in [0.25, 0.3) is 0 Å². The molecule has 0 aliphatic carbocycles. The number of aromatic nitrogens is 2. The molecule has 0 spiro atoms. The second-order valence-electron chi connectivity index (χ2n) is 3.80. The first-order valence-corrected chi connectivity index (χ1v) is 6.32. The molecule has 0 atom stereocenters. The summed E-state index contributed by atoms with van der Waals surface area (Å²) in [7, 11) is 1.91. The monoisotopic (exact) mass is 301 g/mol. The van der Waals surface area contributed by atoms with Gasteiger partial charge in [0.2, 0.25) is 0 Å². The lowest BCUT2D eigenvalue weighted by atomic mass is 10.2. The number of hydrogen-bond acceptors (Lipinski definition) is 3. The summed E-state index contributed by atoms with van der Waals surface area (Å²) >= 11 is 17.6. The van der Waals surface area contributed by atoms with Crippen molar-refractivity contribution in [1.29, 1.82) is 0 Å². The Kier molecular flexibility index (Phi) is 4.27. The molecule has 0 saturated carbocycles. The van der Waals surface area contributed by atoms with Crippen molar-refractivity contribution in [2.75, 3.05) is 11.9 Å². The number of halogens is 3.